The summed E-state index contributed by atoms with van der Waals surface area (Å²) >= 11 is 1.87. The smallest absolute Gasteiger partial charge is 0.137 e. The zero-order chi connectivity index (χ0) is 38.2. The molecule has 272 valence electrons. The van der Waals surface area contributed by atoms with Crippen molar-refractivity contribution in [1.82, 2.24) is 0 Å². The number of furan rings is 2. The van der Waals surface area contributed by atoms with E-state index in [9.17, 15) is 0 Å². The number of hydrogen-bond donors (Lipinski definition) is 0. The number of hydrogen-bond acceptors (Lipinski definition) is 4. The summed E-state index contributed by atoms with van der Waals surface area (Å²) in [6, 6.07) is 71.4. The molecule has 0 aliphatic carbocycles. The number of thiophene rings is 1. The van der Waals surface area contributed by atoms with Gasteiger partial charge in [-0.1, -0.05) is 140 Å². The van der Waals surface area contributed by atoms with Gasteiger partial charge in [-0.25, -0.2) is 0 Å². The van der Waals surface area contributed by atoms with E-state index in [2.05, 4.69) is 193 Å². The lowest BCUT2D eigenvalue weighted by atomic mass is 9.98. The molecule has 0 atom stereocenters. The molecule has 3 heterocycles. The van der Waals surface area contributed by atoms with Crippen LogP contribution in [0.15, 0.2) is 209 Å². The van der Waals surface area contributed by atoms with Crippen molar-refractivity contribution < 1.29 is 8.83 Å². The van der Waals surface area contributed by atoms with E-state index in [0.29, 0.717) is 0 Å². The zero-order valence-electron chi connectivity index (χ0n) is 31.2. The van der Waals surface area contributed by atoms with Gasteiger partial charge in [-0.2, -0.15) is 0 Å². The van der Waals surface area contributed by atoms with Gasteiger partial charge in [-0.3, -0.25) is 0 Å². The minimum atomic E-state index is 0.854. The Hall–Kier alpha value is -7.40. The van der Waals surface area contributed by atoms with Crippen LogP contribution in [0.25, 0.3) is 97.4 Å². The van der Waals surface area contributed by atoms with Crippen molar-refractivity contribution in [2.24, 2.45) is 0 Å². The van der Waals surface area contributed by atoms with E-state index in [1.807, 2.05) is 23.5 Å². The number of fused-ring (bicyclic) bond motifs is 9. The molecule has 0 unspecified atom stereocenters. The van der Waals surface area contributed by atoms with Gasteiger partial charge >= 0.3 is 0 Å². The average molecular weight is 760 g/mol. The largest absolute Gasteiger partial charge is 0.456 e. The van der Waals surface area contributed by atoms with Crippen LogP contribution in [0.1, 0.15) is 0 Å². The topological polar surface area (TPSA) is 29.5 Å². The molecule has 12 aromatic rings. The Morgan fingerprint density at radius 2 is 0.966 bits per heavy atom. The van der Waals surface area contributed by atoms with Crippen LogP contribution in [0.4, 0.5) is 17.1 Å². The van der Waals surface area contributed by atoms with E-state index in [1.165, 1.54) is 48.0 Å². The average Bonchev–Trinajstić information content (AvgIpc) is 3.98. The van der Waals surface area contributed by atoms with Crippen LogP contribution in [-0.4, -0.2) is 0 Å². The fourth-order valence-corrected chi connectivity index (χ4v) is 10.1. The minimum absolute atomic E-state index is 0.854. The lowest BCUT2D eigenvalue weighted by molar-refractivity contribution is 0.668. The molecule has 0 fully saturated rings. The van der Waals surface area contributed by atoms with Gasteiger partial charge in [0.05, 0.1) is 16.8 Å². The second-order valence-corrected chi connectivity index (χ2v) is 15.9. The Bertz CT molecular complexity index is 3510. The van der Waals surface area contributed by atoms with Crippen molar-refractivity contribution in [2.45, 2.75) is 0 Å². The second-order valence-electron chi connectivity index (χ2n) is 14.8. The minimum Gasteiger partial charge on any atom is -0.456 e. The fourth-order valence-electron chi connectivity index (χ4n) is 8.77. The summed E-state index contributed by atoms with van der Waals surface area (Å²) < 4.78 is 15.6. The molecule has 0 bridgehead atoms. The van der Waals surface area contributed by atoms with Crippen LogP contribution in [-0.2, 0) is 0 Å². The maximum atomic E-state index is 6.57. The van der Waals surface area contributed by atoms with E-state index >= 15 is 0 Å². The van der Waals surface area contributed by atoms with Crippen LogP contribution in [0.2, 0.25) is 0 Å². The van der Waals surface area contributed by atoms with E-state index in [1.54, 1.807) is 0 Å². The SMILES string of the molecule is c1ccc(-c2ccc3c(c2)oc2ccc(N(c4cccc5oc6ccccc6c45)c4ccc(-c5ccccc5)c5sc6cc(-c7ccccc7)ccc6c45)cc23)cc1. The summed E-state index contributed by atoms with van der Waals surface area (Å²) in [7, 11) is 0. The monoisotopic (exact) mass is 759 g/mol. The first-order valence-corrected chi connectivity index (χ1v) is 20.4. The van der Waals surface area contributed by atoms with Gasteiger partial charge in [0.25, 0.3) is 0 Å². The quantitative estimate of drug-likeness (QED) is 0.169. The van der Waals surface area contributed by atoms with Crippen LogP contribution in [0.5, 0.6) is 0 Å². The van der Waals surface area contributed by atoms with Gasteiger partial charge in [0.15, 0.2) is 0 Å². The molecular formula is C54H33NO2S. The molecule has 0 saturated carbocycles. The predicted molar refractivity (Wildman–Crippen MR) is 245 cm³/mol. The van der Waals surface area contributed by atoms with E-state index in [0.717, 1.165) is 66.5 Å². The number of anilines is 3. The van der Waals surface area contributed by atoms with Crippen LogP contribution >= 0.6 is 11.3 Å². The third-order valence-corrected chi connectivity index (χ3v) is 12.7. The van der Waals surface area contributed by atoms with E-state index < -0.39 is 0 Å². The van der Waals surface area contributed by atoms with Crippen molar-refractivity contribution in [3.8, 4) is 33.4 Å². The Balaban J connectivity index is 1.15. The van der Waals surface area contributed by atoms with E-state index in [-0.39, 0.29) is 0 Å². The molecule has 0 spiro atoms. The normalized spacial score (nSPS) is 11.8. The summed E-state index contributed by atoms with van der Waals surface area (Å²) in [6.07, 6.45) is 0. The molecule has 9 aromatic carbocycles. The maximum Gasteiger partial charge on any atom is 0.137 e. The Kier molecular flexibility index (Phi) is 7.40. The van der Waals surface area contributed by atoms with Gasteiger partial charge in [-0.05, 0) is 94.0 Å². The lowest BCUT2D eigenvalue weighted by Crippen LogP contribution is -2.11. The first kappa shape index (κ1) is 32.8. The molecule has 0 radical (unpaired) electrons. The Morgan fingerprint density at radius 3 is 1.74 bits per heavy atom. The van der Waals surface area contributed by atoms with Crippen molar-refractivity contribution in [1.29, 1.82) is 0 Å². The number of nitrogens with zero attached hydrogens (tertiary/aromatic N) is 1. The molecule has 0 aliphatic rings. The molecular weight excluding hydrogens is 727 g/mol. The second kappa shape index (κ2) is 13.1. The van der Waals surface area contributed by atoms with Crippen LogP contribution in [0.3, 0.4) is 0 Å². The van der Waals surface area contributed by atoms with Crippen LogP contribution < -0.4 is 4.90 Å². The van der Waals surface area contributed by atoms with Gasteiger partial charge in [0, 0.05) is 42.0 Å². The van der Waals surface area contributed by atoms with Crippen molar-refractivity contribution in [3.05, 3.63) is 200 Å². The lowest BCUT2D eigenvalue weighted by Gasteiger charge is -2.28. The highest BCUT2D eigenvalue weighted by Gasteiger charge is 2.25. The Labute approximate surface area is 338 Å². The van der Waals surface area contributed by atoms with Gasteiger partial charge in [0.1, 0.15) is 22.3 Å². The standard InChI is InChI=1S/C54H33NO2S/c1-4-13-34(14-5-1)37-23-26-41-44-33-39(25-30-48(44)57-50(41)31-37)55(45-20-12-22-49-52(45)42-19-10-11-21-47(42)56-49)46-29-28-40(36-17-8-3-9-18-36)54-53(46)43-27-24-38(32-51(43)58-54)35-15-6-2-7-16-35/h1-33H. The van der Waals surface area contributed by atoms with Crippen LogP contribution in [0, 0.1) is 0 Å². The molecule has 0 amide bonds. The summed E-state index contributed by atoms with van der Waals surface area (Å²) in [6.45, 7) is 0. The molecule has 4 heteroatoms. The maximum absolute atomic E-state index is 6.57. The molecule has 3 nitrogen and oxygen atoms in total. The first-order chi connectivity index (χ1) is 28.7. The zero-order valence-corrected chi connectivity index (χ0v) is 32.0. The molecule has 12 rings (SSSR count). The highest BCUT2D eigenvalue weighted by atomic mass is 32.1. The highest BCUT2D eigenvalue weighted by Crippen LogP contribution is 2.51. The number of rotatable bonds is 6. The summed E-state index contributed by atoms with van der Waals surface area (Å²) in [5, 5.41) is 6.76. The molecule has 0 saturated heterocycles. The number of benzene rings is 9. The molecule has 0 N–H and O–H groups in total. The highest BCUT2D eigenvalue weighted by molar-refractivity contribution is 7.26. The third kappa shape index (κ3) is 5.19. The third-order valence-electron chi connectivity index (χ3n) is 11.5. The molecule has 58 heavy (non-hydrogen) atoms. The summed E-state index contributed by atoms with van der Waals surface area (Å²) in [5.41, 5.74) is 13.8. The molecule has 0 aliphatic heterocycles. The van der Waals surface area contributed by atoms with Gasteiger partial charge in [0.2, 0.25) is 0 Å². The number of para-hydroxylation sites is 1. The van der Waals surface area contributed by atoms with Gasteiger partial charge in [-0.15, -0.1) is 11.3 Å². The van der Waals surface area contributed by atoms with Crippen molar-refractivity contribution in [2.75, 3.05) is 4.90 Å². The first-order valence-electron chi connectivity index (χ1n) is 19.6. The van der Waals surface area contributed by atoms with Crippen molar-refractivity contribution >= 4 is 92.4 Å². The fraction of sp³-hybridized carbons (Fsp3) is 0. The summed E-state index contributed by atoms with van der Waals surface area (Å²) in [4.78, 5) is 2.44. The molecule has 3 aromatic heterocycles. The predicted octanol–water partition coefficient (Wildman–Crippen LogP) is 16.3. The van der Waals surface area contributed by atoms with Gasteiger partial charge < -0.3 is 13.7 Å². The van der Waals surface area contributed by atoms with Crippen molar-refractivity contribution in [3.63, 3.8) is 0 Å². The Morgan fingerprint density at radius 1 is 0.345 bits per heavy atom. The summed E-state index contributed by atoms with van der Waals surface area (Å²) in [5.74, 6) is 0. The van der Waals surface area contributed by atoms with E-state index in [4.69, 9.17) is 8.83 Å².